The van der Waals surface area contributed by atoms with Gasteiger partial charge in [-0.3, -0.25) is 4.21 Å². The van der Waals surface area contributed by atoms with Crippen molar-refractivity contribution < 1.29 is 14.1 Å². The molecule has 4 heteroatoms. The van der Waals surface area contributed by atoms with E-state index in [1.807, 2.05) is 0 Å². The van der Waals surface area contributed by atoms with E-state index in [0.717, 1.165) is 25.7 Å². The maximum atomic E-state index is 11.8. The highest BCUT2D eigenvalue weighted by Crippen LogP contribution is 2.45. The lowest BCUT2D eigenvalue weighted by Gasteiger charge is -2.45. The van der Waals surface area contributed by atoms with Crippen molar-refractivity contribution >= 4 is 10.8 Å². The second-order valence-electron chi connectivity index (χ2n) is 4.90. The molecule has 3 saturated heterocycles. The van der Waals surface area contributed by atoms with Crippen LogP contribution in [-0.4, -0.2) is 38.6 Å². The molecule has 0 radical (unpaired) electrons. The number of fused-ring (bicyclic) bond motifs is 2. The monoisotopic (exact) mass is 216 g/mol. The van der Waals surface area contributed by atoms with E-state index in [2.05, 4.69) is 0 Å². The van der Waals surface area contributed by atoms with Crippen molar-refractivity contribution in [1.82, 2.24) is 0 Å². The summed E-state index contributed by atoms with van der Waals surface area (Å²) in [5, 5.41) is 11.0. The first-order chi connectivity index (χ1) is 6.69. The zero-order chi connectivity index (χ0) is 9.76. The van der Waals surface area contributed by atoms with Gasteiger partial charge >= 0.3 is 0 Å². The van der Waals surface area contributed by atoms with E-state index in [4.69, 9.17) is 4.74 Å². The number of hydrogen-bond acceptors (Lipinski definition) is 3. The summed E-state index contributed by atoms with van der Waals surface area (Å²) in [6.07, 6.45) is 3.58. The first kappa shape index (κ1) is 9.31. The Labute approximate surface area is 86.3 Å². The van der Waals surface area contributed by atoms with Crippen molar-refractivity contribution in [3.63, 3.8) is 0 Å². The number of ether oxygens (including phenoxy) is 1. The van der Waals surface area contributed by atoms with E-state index < -0.39 is 16.4 Å². The van der Waals surface area contributed by atoms with Crippen LogP contribution in [0.5, 0.6) is 0 Å². The molecular weight excluding hydrogens is 200 g/mol. The fourth-order valence-corrected chi connectivity index (χ4v) is 5.18. The van der Waals surface area contributed by atoms with Crippen LogP contribution in [0.3, 0.4) is 0 Å². The summed E-state index contributed by atoms with van der Waals surface area (Å²) in [4.78, 5) is 0. The van der Waals surface area contributed by atoms with Gasteiger partial charge in [-0.15, -0.1) is 0 Å². The molecule has 80 valence electrons. The van der Waals surface area contributed by atoms with Gasteiger partial charge in [0.05, 0.1) is 18.8 Å². The van der Waals surface area contributed by atoms with Crippen LogP contribution in [0.15, 0.2) is 0 Å². The van der Waals surface area contributed by atoms with Gasteiger partial charge in [0.1, 0.15) is 0 Å². The van der Waals surface area contributed by atoms with Crippen LogP contribution in [0.4, 0.5) is 0 Å². The van der Waals surface area contributed by atoms with Crippen LogP contribution in [0.25, 0.3) is 0 Å². The van der Waals surface area contributed by atoms with Gasteiger partial charge in [-0.1, -0.05) is 0 Å². The van der Waals surface area contributed by atoms with Gasteiger partial charge in [0.2, 0.25) is 0 Å². The molecule has 2 atom stereocenters. The van der Waals surface area contributed by atoms with Crippen LogP contribution in [0, 0.1) is 5.92 Å². The molecule has 3 nitrogen and oxygen atoms in total. The van der Waals surface area contributed by atoms with Crippen molar-refractivity contribution in [2.45, 2.75) is 41.8 Å². The smallest absolute Gasteiger partial charge is 0.0742 e. The molecule has 0 aliphatic carbocycles. The summed E-state index contributed by atoms with van der Waals surface area (Å²) in [6, 6.07) is 0. The van der Waals surface area contributed by atoms with Crippen molar-refractivity contribution in [3.05, 3.63) is 0 Å². The average molecular weight is 216 g/mol. The van der Waals surface area contributed by atoms with E-state index in [1.54, 1.807) is 0 Å². The van der Waals surface area contributed by atoms with Crippen LogP contribution >= 0.6 is 0 Å². The molecule has 2 bridgehead atoms. The molecule has 3 heterocycles. The highest BCUT2D eigenvalue weighted by molar-refractivity contribution is 7.86. The predicted octanol–water partition coefficient (Wildman–Crippen LogP) is 0.437. The highest BCUT2D eigenvalue weighted by Gasteiger charge is 2.52. The fourth-order valence-electron chi connectivity index (χ4n) is 3.00. The molecule has 3 rings (SSSR count). The SMILES string of the molecule is O=S1C2CCC1CC(O)(C1COC1)C2. The zero-order valence-electron chi connectivity index (χ0n) is 8.15. The van der Waals surface area contributed by atoms with Crippen LogP contribution in [-0.2, 0) is 15.5 Å². The van der Waals surface area contributed by atoms with Crippen molar-refractivity contribution in [3.8, 4) is 0 Å². The van der Waals surface area contributed by atoms with Crippen molar-refractivity contribution in [1.29, 1.82) is 0 Å². The summed E-state index contributed by atoms with van der Waals surface area (Å²) >= 11 is 0. The molecule has 0 aromatic heterocycles. The average Bonchev–Trinajstić information content (AvgIpc) is 2.31. The van der Waals surface area contributed by atoms with E-state index in [9.17, 15) is 9.32 Å². The maximum Gasteiger partial charge on any atom is 0.0742 e. The normalized spacial score (nSPS) is 53.1. The van der Waals surface area contributed by atoms with E-state index in [-0.39, 0.29) is 10.5 Å². The summed E-state index contributed by atoms with van der Waals surface area (Å²) in [5.74, 6) is 0.308. The minimum atomic E-state index is -0.660. The molecule has 3 aliphatic heterocycles. The molecule has 3 fully saturated rings. The second-order valence-corrected chi connectivity index (χ2v) is 6.89. The quantitative estimate of drug-likeness (QED) is 0.691. The zero-order valence-corrected chi connectivity index (χ0v) is 8.96. The molecule has 3 aliphatic rings. The lowest BCUT2D eigenvalue weighted by atomic mass is 9.79. The Bertz CT molecular complexity index is 259. The largest absolute Gasteiger partial charge is 0.389 e. The van der Waals surface area contributed by atoms with Gasteiger partial charge in [-0.05, 0) is 25.7 Å². The number of aliphatic hydroxyl groups is 1. The molecule has 1 N–H and O–H groups in total. The number of rotatable bonds is 1. The fraction of sp³-hybridized carbons (Fsp3) is 1.00. The Balaban J connectivity index is 1.81. The molecule has 0 saturated carbocycles. The second kappa shape index (κ2) is 3.03. The Morgan fingerprint density at radius 2 is 1.79 bits per heavy atom. The van der Waals surface area contributed by atoms with Gasteiger partial charge < -0.3 is 9.84 Å². The molecular formula is C10H16O3S. The first-order valence-electron chi connectivity index (χ1n) is 5.38. The lowest BCUT2D eigenvalue weighted by Crippen LogP contribution is -2.54. The third-order valence-electron chi connectivity index (χ3n) is 4.03. The van der Waals surface area contributed by atoms with E-state index >= 15 is 0 Å². The van der Waals surface area contributed by atoms with E-state index in [1.165, 1.54) is 0 Å². The van der Waals surface area contributed by atoms with Crippen LogP contribution in [0.2, 0.25) is 0 Å². The summed E-state index contributed by atoms with van der Waals surface area (Å²) in [5.41, 5.74) is -0.558. The first-order valence-corrected chi connectivity index (χ1v) is 6.66. The van der Waals surface area contributed by atoms with Crippen molar-refractivity contribution in [2.75, 3.05) is 13.2 Å². The molecule has 2 unspecified atom stereocenters. The topological polar surface area (TPSA) is 46.5 Å². The minimum absolute atomic E-state index is 0.263. The Morgan fingerprint density at radius 1 is 1.21 bits per heavy atom. The predicted molar refractivity (Wildman–Crippen MR) is 53.4 cm³/mol. The Morgan fingerprint density at radius 3 is 2.21 bits per heavy atom. The standard InChI is InChI=1S/C10H16O3S/c11-10(7-5-13-6-7)3-8-1-2-9(4-10)14(8)12/h7-9,11H,1-6H2. The maximum absolute atomic E-state index is 11.8. The molecule has 14 heavy (non-hydrogen) atoms. The van der Waals surface area contributed by atoms with Crippen molar-refractivity contribution in [2.24, 2.45) is 5.92 Å². The van der Waals surface area contributed by atoms with Crippen LogP contribution < -0.4 is 0 Å². The molecule has 0 spiro atoms. The van der Waals surface area contributed by atoms with Crippen LogP contribution in [0.1, 0.15) is 25.7 Å². The third kappa shape index (κ3) is 1.20. The number of hydrogen-bond donors (Lipinski definition) is 1. The highest BCUT2D eigenvalue weighted by atomic mass is 32.2. The van der Waals surface area contributed by atoms with E-state index in [0.29, 0.717) is 19.1 Å². The summed E-state index contributed by atoms with van der Waals surface area (Å²) < 4.78 is 16.9. The summed E-state index contributed by atoms with van der Waals surface area (Å²) in [6.45, 7) is 1.39. The van der Waals surface area contributed by atoms with Gasteiger partial charge in [0.25, 0.3) is 0 Å². The third-order valence-corrected chi connectivity index (χ3v) is 6.15. The van der Waals surface area contributed by atoms with Gasteiger partial charge in [-0.2, -0.15) is 0 Å². The van der Waals surface area contributed by atoms with Gasteiger partial charge in [0.15, 0.2) is 0 Å². The molecule has 0 amide bonds. The summed E-state index contributed by atoms with van der Waals surface area (Å²) in [7, 11) is -0.660. The molecule has 0 aromatic rings. The van der Waals surface area contributed by atoms with Gasteiger partial charge in [-0.25, -0.2) is 0 Å². The van der Waals surface area contributed by atoms with Gasteiger partial charge in [0, 0.05) is 27.2 Å². The molecule has 0 aromatic carbocycles. The Kier molecular flexibility index (Phi) is 2.01. The Hall–Kier alpha value is 0.0700. The lowest BCUT2D eigenvalue weighted by molar-refractivity contribution is -0.152. The minimum Gasteiger partial charge on any atom is -0.389 e.